The van der Waals surface area contributed by atoms with Crippen LogP contribution in [-0.2, 0) is 4.79 Å². The highest BCUT2D eigenvalue weighted by Crippen LogP contribution is 2.29. The number of nitrogens with zero attached hydrogens (tertiary/aromatic N) is 2. The van der Waals surface area contributed by atoms with Gasteiger partial charge in [0.1, 0.15) is 0 Å². The first-order chi connectivity index (χ1) is 8.79. The number of hydrogen-bond donors (Lipinski definition) is 1. The molecule has 18 heavy (non-hydrogen) atoms. The standard InChI is InChI=1S/C14H27N3O/c15-6-1-2-7-16-8-10-17(11-9-16)14(18)12-13-4-3-5-13/h13H,1-12,15H2. The van der Waals surface area contributed by atoms with Crippen molar-refractivity contribution in [1.82, 2.24) is 9.80 Å². The number of carbonyl (C=O) groups excluding carboxylic acids is 1. The van der Waals surface area contributed by atoms with E-state index in [0.29, 0.717) is 11.8 Å². The smallest absolute Gasteiger partial charge is 0.222 e. The van der Waals surface area contributed by atoms with E-state index in [1.807, 2.05) is 0 Å². The lowest BCUT2D eigenvalue weighted by Crippen LogP contribution is -2.49. The van der Waals surface area contributed by atoms with Crippen LogP contribution < -0.4 is 5.73 Å². The highest BCUT2D eigenvalue weighted by atomic mass is 16.2. The molecule has 0 aromatic carbocycles. The first-order valence-corrected chi connectivity index (χ1v) is 7.50. The molecule has 2 rings (SSSR count). The molecule has 2 N–H and O–H groups in total. The summed E-state index contributed by atoms with van der Waals surface area (Å²) in [5.74, 6) is 1.08. The summed E-state index contributed by atoms with van der Waals surface area (Å²) in [5.41, 5.74) is 5.50. The Morgan fingerprint density at radius 3 is 2.39 bits per heavy atom. The van der Waals surface area contributed by atoms with E-state index >= 15 is 0 Å². The minimum absolute atomic E-state index is 0.390. The van der Waals surface area contributed by atoms with Crippen LogP contribution in [0.5, 0.6) is 0 Å². The van der Waals surface area contributed by atoms with Crippen LogP contribution in [0.25, 0.3) is 0 Å². The van der Waals surface area contributed by atoms with Gasteiger partial charge in [0, 0.05) is 32.6 Å². The number of piperazine rings is 1. The lowest BCUT2D eigenvalue weighted by Gasteiger charge is -2.36. The summed E-state index contributed by atoms with van der Waals surface area (Å²) in [6, 6.07) is 0. The summed E-state index contributed by atoms with van der Waals surface area (Å²) in [6.45, 7) is 5.87. The van der Waals surface area contributed by atoms with E-state index in [0.717, 1.165) is 52.1 Å². The Hall–Kier alpha value is -0.610. The molecule has 2 fully saturated rings. The minimum atomic E-state index is 0.390. The van der Waals surface area contributed by atoms with Gasteiger partial charge >= 0.3 is 0 Å². The van der Waals surface area contributed by atoms with E-state index in [-0.39, 0.29) is 0 Å². The van der Waals surface area contributed by atoms with Crippen LogP contribution in [0.3, 0.4) is 0 Å². The van der Waals surface area contributed by atoms with Gasteiger partial charge in [-0.1, -0.05) is 6.42 Å². The molecule has 1 aliphatic heterocycles. The van der Waals surface area contributed by atoms with E-state index in [2.05, 4.69) is 9.80 Å². The van der Waals surface area contributed by atoms with Crippen LogP contribution in [0, 0.1) is 5.92 Å². The first-order valence-electron chi connectivity index (χ1n) is 7.50. The lowest BCUT2D eigenvalue weighted by atomic mass is 9.82. The van der Waals surface area contributed by atoms with Gasteiger partial charge in [-0.05, 0) is 44.7 Å². The summed E-state index contributed by atoms with van der Waals surface area (Å²) in [5, 5.41) is 0. The quantitative estimate of drug-likeness (QED) is 0.720. The van der Waals surface area contributed by atoms with Gasteiger partial charge < -0.3 is 10.6 Å². The minimum Gasteiger partial charge on any atom is -0.340 e. The van der Waals surface area contributed by atoms with Crippen molar-refractivity contribution in [3.05, 3.63) is 0 Å². The number of amides is 1. The maximum atomic E-state index is 12.1. The third-order valence-corrected chi connectivity index (χ3v) is 4.34. The summed E-state index contributed by atoms with van der Waals surface area (Å²) in [7, 11) is 0. The average Bonchev–Trinajstić information content (AvgIpc) is 2.35. The van der Waals surface area contributed by atoms with Crippen LogP contribution in [0.4, 0.5) is 0 Å². The van der Waals surface area contributed by atoms with Gasteiger partial charge in [-0.2, -0.15) is 0 Å². The molecule has 0 aromatic heterocycles. The average molecular weight is 253 g/mol. The molecule has 0 bridgehead atoms. The maximum Gasteiger partial charge on any atom is 0.222 e. The van der Waals surface area contributed by atoms with Crippen LogP contribution in [-0.4, -0.2) is 55.0 Å². The molecule has 0 spiro atoms. The zero-order valence-electron chi connectivity index (χ0n) is 11.4. The molecule has 4 heteroatoms. The molecule has 0 radical (unpaired) electrons. The van der Waals surface area contributed by atoms with E-state index in [9.17, 15) is 4.79 Å². The van der Waals surface area contributed by atoms with E-state index in [1.165, 1.54) is 25.7 Å². The van der Waals surface area contributed by atoms with Gasteiger partial charge in [0.15, 0.2) is 0 Å². The molecular weight excluding hydrogens is 226 g/mol. The molecular formula is C14H27N3O. The molecule has 0 unspecified atom stereocenters. The van der Waals surface area contributed by atoms with E-state index < -0.39 is 0 Å². The van der Waals surface area contributed by atoms with Crippen LogP contribution in [0.15, 0.2) is 0 Å². The number of rotatable bonds is 6. The Morgan fingerprint density at radius 1 is 1.11 bits per heavy atom. The molecule has 1 saturated heterocycles. The van der Waals surface area contributed by atoms with Crippen molar-refractivity contribution in [2.24, 2.45) is 11.7 Å². The second-order valence-corrected chi connectivity index (χ2v) is 5.72. The SMILES string of the molecule is NCCCCN1CCN(C(=O)CC2CCC2)CC1. The van der Waals surface area contributed by atoms with Gasteiger partial charge in [-0.15, -0.1) is 0 Å². The summed E-state index contributed by atoms with van der Waals surface area (Å²) >= 11 is 0. The van der Waals surface area contributed by atoms with Gasteiger partial charge in [0.2, 0.25) is 5.91 Å². The predicted molar refractivity (Wildman–Crippen MR) is 73.3 cm³/mol. The zero-order chi connectivity index (χ0) is 12.8. The fraction of sp³-hybridized carbons (Fsp3) is 0.929. The normalized spacial score (nSPS) is 21.9. The van der Waals surface area contributed by atoms with Crippen molar-refractivity contribution < 1.29 is 4.79 Å². The second-order valence-electron chi connectivity index (χ2n) is 5.72. The fourth-order valence-corrected chi connectivity index (χ4v) is 2.77. The number of hydrogen-bond acceptors (Lipinski definition) is 3. The Morgan fingerprint density at radius 2 is 1.83 bits per heavy atom. The largest absolute Gasteiger partial charge is 0.340 e. The number of carbonyl (C=O) groups is 1. The van der Waals surface area contributed by atoms with Crippen molar-refractivity contribution in [1.29, 1.82) is 0 Å². The number of unbranched alkanes of at least 4 members (excludes halogenated alkanes) is 1. The number of nitrogens with two attached hydrogens (primary N) is 1. The molecule has 4 nitrogen and oxygen atoms in total. The Bertz CT molecular complexity index is 258. The fourth-order valence-electron chi connectivity index (χ4n) is 2.77. The Balaban J connectivity index is 1.61. The van der Waals surface area contributed by atoms with Crippen molar-refractivity contribution in [2.45, 2.75) is 38.5 Å². The molecule has 1 aliphatic carbocycles. The Labute approximate surface area is 110 Å². The Kier molecular flexibility index (Phi) is 5.45. The van der Waals surface area contributed by atoms with Crippen molar-refractivity contribution in [3.8, 4) is 0 Å². The molecule has 2 aliphatic rings. The van der Waals surface area contributed by atoms with Gasteiger partial charge in [0.05, 0.1) is 0 Å². The summed E-state index contributed by atoms with van der Waals surface area (Å²) in [4.78, 5) is 16.6. The topological polar surface area (TPSA) is 49.6 Å². The van der Waals surface area contributed by atoms with Gasteiger partial charge in [0.25, 0.3) is 0 Å². The molecule has 1 amide bonds. The van der Waals surface area contributed by atoms with Crippen LogP contribution >= 0.6 is 0 Å². The third-order valence-electron chi connectivity index (χ3n) is 4.34. The summed E-state index contributed by atoms with van der Waals surface area (Å²) in [6.07, 6.45) is 6.96. The van der Waals surface area contributed by atoms with Gasteiger partial charge in [-0.3, -0.25) is 9.69 Å². The third kappa shape index (κ3) is 3.95. The maximum absolute atomic E-state index is 12.1. The molecule has 0 aromatic rings. The second kappa shape index (κ2) is 7.10. The van der Waals surface area contributed by atoms with Crippen molar-refractivity contribution >= 4 is 5.91 Å². The molecule has 1 heterocycles. The first kappa shape index (κ1) is 13.8. The van der Waals surface area contributed by atoms with Crippen LogP contribution in [0.1, 0.15) is 38.5 Å². The van der Waals surface area contributed by atoms with Crippen LogP contribution in [0.2, 0.25) is 0 Å². The van der Waals surface area contributed by atoms with Crippen molar-refractivity contribution in [3.63, 3.8) is 0 Å². The van der Waals surface area contributed by atoms with Gasteiger partial charge in [-0.25, -0.2) is 0 Å². The lowest BCUT2D eigenvalue weighted by molar-refractivity contribution is -0.134. The highest BCUT2D eigenvalue weighted by molar-refractivity contribution is 5.76. The summed E-state index contributed by atoms with van der Waals surface area (Å²) < 4.78 is 0. The monoisotopic (exact) mass is 253 g/mol. The zero-order valence-corrected chi connectivity index (χ0v) is 11.4. The molecule has 1 saturated carbocycles. The van der Waals surface area contributed by atoms with E-state index in [1.54, 1.807) is 0 Å². The predicted octanol–water partition coefficient (Wildman–Crippen LogP) is 1.06. The molecule has 0 atom stereocenters. The van der Waals surface area contributed by atoms with Crippen molar-refractivity contribution in [2.75, 3.05) is 39.3 Å². The van der Waals surface area contributed by atoms with E-state index in [4.69, 9.17) is 5.73 Å². The highest BCUT2D eigenvalue weighted by Gasteiger charge is 2.25. The molecule has 104 valence electrons.